The fraction of sp³-hybridized carbons (Fsp3) is 0.500. The molecule has 0 aromatic heterocycles. The summed E-state index contributed by atoms with van der Waals surface area (Å²) < 4.78 is 0.408. The van der Waals surface area contributed by atoms with Crippen LogP contribution in [0, 0.1) is 11.5 Å². The zero-order valence-electron chi connectivity index (χ0n) is 4.75. The van der Waals surface area contributed by atoms with E-state index in [4.69, 9.17) is 5.26 Å². The van der Waals surface area contributed by atoms with E-state index in [2.05, 4.69) is 24.8 Å². The van der Waals surface area contributed by atoms with Crippen LogP contribution in [-0.4, -0.2) is 22.9 Å². The first-order chi connectivity index (χ1) is 3.50. The van der Waals surface area contributed by atoms with Crippen molar-refractivity contribution in [2.24, 2.45) is 0 Å². The summed E-state index contributed by atoms with van der Waals surface area (Å²) in [5.41, 5.74) is 0. The molecular weight excluding hydrogens is 140 g/mol. The van der Waals surface area contributed by atoms with Crippen LogP contribution in [0.4, 0.5) is 0 Å². The van der Waals surface area contributed by atoms with Crippen molar-refractivity contribution in [3.05, 3.63) is 0 Å². The summed E-state index contributed by atoms with van der Waals surface area (Å²) in [6, 6.07) is 0. The topological polar surface area (TPSA) is 23.8 Å². The molecule has 0 aliphatic heterocycles. The lowest BCUT2D eigenvalue weighted by molar-refractivity contribution is -0.719. The second-order valence-corrected chi connectivity index (χ2v) is 2.95. The number of hydrogen-bond acceptors (Lipinski definition) is 2. The first-order valence-corrected chi connectivity index (χ1v) is 2.85. The van der Waals surface area contributed by atoms with Crippen LogP contribution in [0.25, 0.3) is 0 Å². The van der Waals surface area contributed by atoms with E-state index < -0.39 is 0 Å². The van der Waals surface area contributed by atoms with Crippen molar-refractivity contribution in [2.75, 3.05) is 14.1 Å². The summed E-state index contributed by atoms with van der Waals surface area (Å²) in [5.74, 6) is 0. The molecule has 0 rings (SSSR count). The standard InChI is InChI=1S/C4H6N2S2/c1-6(2,3-5)4(7)8/h1-2H3/p+1. The minimum atomic E-state index is 0.0262. The van der Waals surface area contributed by atoms with E-state index in [0.29, 0.717) is 4.32 Å². The van der Waals surface area contributed by atoms with Gasteiger partial charge < -0.3 is 0 Å². The van der Waals surface area contributed by atoms with E-state index in [9.17, 15) is 0 Å². The minimum absolute atomic E-state index is 0.0262. The molecule has 0 heterocycles. The van der Waals surface area contributed by atoms with Crippen molar-refractivity contribution in [1.82, 2.24) is 0 Å². The fourth-order valence-corrected chi connectivity index (χ4v) is 0.128. The van der Waals surface area contributed by atoms with Gasteiger partial charge in [-0.1, -0.05) is 12.6 Å². The molecule has 0 aliphatic carbocycles. The van der Waals surface area contributed by atoms with Gasteiger partial charge in [-0.15, -0.1) is 5.26 Å². The summed E-state index contributed by atoms with van der Waals surface area (Å²) >= 11 is 8.48. The molecule has 8 heavy (non-hydrogen) atoms. The number of thiocarbonyl (C=S) groups is 1. The third-order valence-electron chi connectivity index (χ3n) is 0.728. The molecule has 4 heteroatoms. The number of quaternary nitrogens is 1. The maximum atomic E-state index is 8.35. The van der Waals surface area contributed by atoms with E-state index in [1.54, 1.807) is 14.1 Å². The Kier molecular flexibility index (Phi) is 2.41. The largest absolute Gasteiger partial charge is 0.314 e. The highest BCUT2D eigenvalue weighted by molar-refractivity contribution is 8.10. The van der Waals surface area contributed by atoms with Crippen LogP contribution in [0.15, 0.2) is 0 Å². The van der Waals surface area contributed by atoms with E-state index >= 15 is 0 Å². The van der Waals surface area contributed by atoms with E-state index in [0.717, 1.165) is 0 Å². The highest BCUT2D eigenvalue weighted by atomic mass is 32.1. The van der Waals surface area contributed by atoms with Crippen molar-refractivity contribution in [3.63, 3.8) is 0 Å². The van der Waals surface area contributed by atoms with Crippen LogP contribution in [0.5, 0.6) is 0 Å². The quantitative estimate of drug-likeness (QED) is 0.237. The third kappa shape index (κ3) is 1.78. The Labute approximate surface area is 59.7 Å². The lowest BCUT2D eigenvalue weighted by Gasteiger charge is -2.13. The van der Waals surface area contributed by atoms with Gasteiger partial charge in [-0.05, 0) is 12.2 Å². The van der Waals surface area contributed by atoms with Crippen molar-refractivity contribution >= 4 is 29.2 Å². The molecule has 0 amide bonds. The van der Waals surface area contributed by atoms with Gasteiger partial charge in [0.1, 0.15) is 0 Å². The zero-order chi connectivity index (χ0) is 6.78. The Balaban J connectivity index is 4.19. The molecule has 0 bridgehead atoms. The highest BCUT2D eigenvalue weighted by Crippen LogP contribution is 1.99. The molecule has 44 valence electrons. The SMILES string of the molecule is C[N+](C)(C#N)C(=S)S. The van der Waals surface area contributed by atoms with Gasteiger partial charge in [0.25, 0.3) is 0 Å². The number of hydrogen-bond donors (Lipinski definition) is 1. The predicted molar refractivity (Wildman–Crippen MR) is 39.3 cm³/mol. The number of nitrogens with zero attached hydrogens (tertiary/aromatic N) is 2. The number of nitriles is 1. The Morgan fingerprint density at radius 1 is 1.75 bits per heavy atom. The van der Waals surface area contributed by atoms with E-state index in [-0.39, 0.29) is 4.48 Å². The van der Waals surface area contributed by atoms with Gasteiger partial charge >= 0.3 is 6.19 Å². The Bertz CT molecular complexity index is 145. The molecule has 0 aromatic rings. The Morgan fingerprint density at radius 3 is 2.12 bits per heavy atom. The normalized spacial score (nSPS) is 10.2. The van der Waals surface area contributed by atoms with Crippen molar-refractivity contribution < 1.29 is 4.48 Å². The van der Waals surface area contributed by atoms with Crippen LogP contribution in [0.3, 0.4) is 0 Å². The molecule has 0 saturated carbocycles. The van der Waals surface area contributed by atoms with Crippen LogP contribution in [0.1, 0.15) is 0 Å². The van der Waals surface area contributed by atoms with Crippen LogP contribution >= 0.6 is 24.8 Å². The van der Waals surface area contributed by atoms with Gasteiger partial charge in [0, 0.05) is 0 Å². The summed E-state index contributed by atoms with van der Waals surface area (Å²) in [7, 11) is 3.35. The molecule has 0 fully saturated rings. The summed E-state index contributed by atoms with van der Waals surface area (Å²) in [6.07, 6.45) is 1.96. The molecule has 0 N–H and O–H groups in total. The summed E-state index contributed by atoms with van der Waals surface area (Å²) in [6.45, 7) is 0. The van der Waals surface area contributed by atoms with Crippen LogP contribution in [-0.2, 0) is 0 Å². The highest BCUT2D eigenvalue weighted by Gasteiger charge is 2.17. The smallest absolute Gasteiger partial charge is 0.182 e. The van der Waals surface area contributed by atoms with Crippen molar-refractivity contribution in [1.29, 1.82) is 5.26 Å². The molecule has 0 aliphatic rings. The minimum Gasteiger partial charge on any atom is -0.182 e. The van der Waals surface area contributed by atoms with Gasteiger partial charge in [-0.3, -0.25) is 0 Å². The number of thiol groups is 1. The molecule has 0 unspecified atom stereocenters. The third-order valence-corrected chi connectivity index (χ3v) is 1.68. The maximum Gasteiger partial charge on any atom is 0.314 e. The first-order valence-electron chi connectivity index (χ1n) is 1.99. The lowest BCUT2D eigenvalue weighted by atomic mass is 10.7. The maximum absolute atomic E-state index is 8.35. The molecule has 0 spiro atoms. The molecule has 0 radical (unpaired) electrons. The van der Waals surface area contributed by atoms with Gasteiger partial charge in [0.2, 0.25) is 4.32 Å². The molecule has 0 saturated heterocycles. The first kappa shape index (κ1) is 7.89. The number of rotatable bonds is 0. The summed E-state index contributed by atoms with van der Waals surface area (Å²) in [5, 5.41) is 8.35. The average molecular weight is 147 g/mol. The predicted octanol–water partition coefficient (Wildman–Crippen LogP) is 0.759. The van der Waals surface area contributed by atoms with Crippen LogP contribution < -0.4 is 0 Å². The van der Waals surface area contributed by atoms with E-state index in [1.165, 1.54) is 0 Å². The average Bonchev–Trinajstić information content (AvgIpc) is 1.67. The fourth-order valence-electron chi connectivity index (χ4n) is 0.0428. The van der Waals surface area contributed by atoms with Gasteiger partial charge in [-0.25, -0.2) is 0 Å². The molecule has 0 atom stereocenters. The molecule has 2 nitrogen and oxygen atoms in total. The zero-order valence-corrected chi connectivity index (χ0v) is 6.46. The van der Waals surface area contributed by atoms with Crippen molar-refractivity contribution in [2.45, 2.75) is 0 Å². The lowest BCUT2D eigenvalue weighted by Crippen LogP contribution is -2.35. The van der Waals surface area contributed by atoms with E-state index in [1.807, 2.05) is 6.19 Å². The van der Waals surface area contributed by atoms with Gasteiger partial charge in [-0.2, -0.15) is 4.48 Å². The molecular formula is C4H7N2S2+. The van der Waals surface area contributed by atoms with Gasteiger partial charge in [0.05, 0.1) is 14.1 Å². The molecule has 0 aromatic carbocycles. The van der Waals surface area contributed by atoms with Gasteiger partial charge in [0.15, 0.2) is 0 Å². The monoisotopic (exact) mass is 147 g/mol. The Hall–Kier alpha value is -0.110. The second kappa shape index (κ2) is 2.44. The van der Waals surface area contributed by atoms with Crippen molar-refractivity contribution in [3.8, 4) is 6.19 Å². The summed E-state index contributed by atoms with van der Waals surface area (Å²) in [4.78, 5) is 0. The Morgan fingerprint density at radius 2 is 2.12 bits per heavy atom. The second-order valence-electron chi connectivity index (χ2n) is 1.84. The van der Waals surface area contributed by atoms with Crippen LogP contribution in [0.2, 0.25) is 0 Å².